The molecule has 0 aliphatic carbocycles. The standard InChI is InChI=1S/C17H20N2O2/c1-21-16-10-8-14(9-11-16)17(20)19(13-5-12-18)15-6-3-2-4-7-15/h2-4,6-11H,5,12-13,18H2,1H3. The predicted octanol–water partition coefficient (Wildman–Crippen LogP) is 2.69. The number of methoxy groups -OCH3 is 1. The van der Waals surface area contributed by atoms with Crippen molar-refractivity contribution in [3.63, 3.8) is 0 Å². The van der Waals surface area contributed by atoms with Crippen LogP contribution in [-0.2, 0) is 0 Å². The first-order valence-electron chi connectivity index (χ1n) is 6.97. The second-order valence-corrected chi connectivity index (χ2v) is 4.66. The Morgan fingerprint density at radius 3 is 2.33 bits per heavy atom. The maximum Gasteiger partial charge on any atom is 0.258 e. The molecule has 4 nitrogen and oxygen atoms in total. The van der Waals surface area contributed by atoms with Crippen molar-refractivity contribution in [2.75, 3.05) is 25.1 Å². The Balaban J connectivity index is 2.24. The molecule has 2 aromatic rings. The number of anilines is 1. The molecule has 0 aliphatic heterocycles. The van der Waals surface area contributed by atoms with Gasteiger partial charge in [-0.25, -0.2) is 0 Å². The summed E-state index contributed by atoms with van der Waals surface area (Å²) in [5, 5.41) is 0. The first-order valence-corrected chi connectivity index (χ1v) is 6.97. The molecule has 4 heteroatoms. The van der Waals surface area contributed by atoms with E-state index < -0.39 is 0 Å². The van der Waals surface area contributed by atoms with E-state index in [1.165, 1.54) is 0 Å². The highest BCUT2D eigenvalue weighted by Crippen LogP contribution is 2.19. The van der Waals surface area contributed by atoms with Crippen LogP contribution < -0.4 is 15.4 Å². The van der Waals surface area contributed by atoms with Crippen molar-refractivity contribution in [3.05, 3.63) is 60.2 Å². The molecule has 2 rings (SSSR count). The van der Waals surface area contributed by atoms with Crippen LogP contribution in [0.25, 0.3) is 0 Å². The van der Waals surface area contributed by atoms with Gasteiger partial charge in [0.1, 0.15) is 5.75 Å². The SMILES string of the molecule is COc1ccc(C(=O)N(CCCN)c2ccccc2)cc1. The Kier molecular flexibility index (Phi) is 5.35. The average Bonchev–Trinajstić information content (AvgIpc) is 2.56. The lowest BCUT2D eigenvalue weighted by Crippen LogP contribution is -2.32. The maximum atomic E-state index is 12.7. The molecule has 0 saturated heterocycles. The van der Waals surface area contributed by atoms with Crippen molar-refractivity contribution >= 4 is 11.6 Å². The highest BCUT2D eigenvalue weighted by molar-refractivity contribution is 6.06. The summed E-state index contributed by atoms with van der Waals surface area (Å²) >= 11 is 0. The first kappa shape index (κ1) is 15.1. The summed E-state index contributed by atoms with van der Waals surface area (Å²) in [7, 11) is 1.61. The Morgan fingerprint density at radius 1 is 1.10 bits per heavy atom. The minimum absolute atomic E-state index is 0.0303. The molecular formula is C17H20N2O2. The number of hydrogen-bond acceptors (Lipinski definition) is 3. The van der Waals surface area contributed by atoms with Gasteiger partial charge in [-0.3, -0.25) is 4.79 Å². The van der Waals surface area contributed by atoms with Gasteiger partial charge >= 0.3 is 0 Å². The van der Waals surface area contributed by atoms with Gasteiger partial charge in [-0.1, -0.05) is 18.2 Å². The number of hydrogen-bond donors (Lipinski definition) is 1. The van der Waals surface area contributed by atoms with E-state index in [0.717, 1.165) is 17.9 Å². The zero-order chi connectivity index (χ0) is 15.1. The molecule has 0 bridgehead atoms. The van der Waals surface area contributed by atoms with Gasteiger partial charge in [0.2, 0.25) is 0 Å². The van der Waals surface area contributed by atoms with Gasteiger partial charge in [0.15, 0.2) is 0 Å². The number of rotatable bonds is 6. The highest BCUT2D eigenvalue weighted by Gasteiger charge is 2.17. The average molecular weight is 284 g/mol. The van der Waals surface area contributed by atoms with Crippen LogP contribution in [0.1, 0.15) is 16.8 Å². The second kappa shape index (κ2) is 7.45. The minimum Gasteiger partial charge on any atom is -0.497 e. The lowest BCUT2D eigenvalue weighted by Gasteiger charge is -2.23. The summed E-state index contributed by atoms with van der Waals surface area (Å²) in [5.74, 6) is 0.706. The number of carbonyl (C=O) groups is 1. The van der Waals surface area contributed by atoms with Gasteiger partial charge in [-0.15, -0.1) is 0 Å². The summed E-state index contributed by atoms with van der Waals surface area (Å²) in [6, 6.07) is 16.8. The van der Waals surface area contributed by atoms with E-state index in [1.807, 2.05) is 30.3 Å². The third-order valence-corrected chi connectivity index (χ3v) is 3.24. The fourth-order valence-electron chi connectivity index (χ4n) is 2.09. The van der Waals surface area contributed by atoms with Crippen molar-refractivity contribution in [1.82, 2.24) is 0 Å². The first-order chi connectivity index (χ1) is 10.3. The molecule has 2 N–H and O–H groups in total. The molecule has 0 saturated carbocycles. The Hall–Kier alpha value is -2.33. The number of benzene rings is 2. The van der Waals surface area contributed by atoms with Crippen LogP contribution >= 0.6 is 0 Å². The van der Waals surface area contributed by atoms with Crippen molar-refractivity contribution in [2.24, 2.45) is 5.73 Å². The Bertz CT molecular complexity index is 567. The number of para-hydroxylation sites is 1. The van der Waals surface area contributed by atoms with E-state index in [2.05, 4.69) is 0 Å². The second-order valence-electron chi connectivity index (χ2n) is 4.66. The van der Waals surface area contributed by atoms with E-state index in [-0.39, 0.29) is 5.91 Å². The largest absolute Gasteiger partial charge is 0.497 e. The predicted molar refractivity (Wildman–Crippen MR) is 84.8 cm³/mol. The van der Waals surface area contributed by atoms with Crippen LogP contribution in [0.15, 0.2) is 54.6 Å². The molecule has 21 heavy (non-hydrogen) atoms. The van der Waals surface area contributed by atoms with E-state index in [0.29, 0.717) is 18.7 Å². The van der Waals surface area contributed by atoms with Crippen molar-refractivity contribution < 1.29 is 9.53 Å². The topological polar surface area (TPSA) is 55.6 Å². The maximum absolute atomic E-state index is 12.7. The van der Waals surface area contributed by atoms with Crippen LogP contribution in [0.4, 0.5) is 5.69 Å². The fourth-order valence-corrected chi connectivity index (χ4v) is 2.09. The van der Waals surface area contributed by atoms with Crippen molar-refractivity contribution in [1.29, 1.82) is 0 Å². The molecule has 0 radical (unpaired) electrons. The lowest BCUT2D eigenvalue weighted by molar-refractivity contribution is 0.0987. The Labute approximate surface area is 125 Å². The third-order valence-electron chi connectivity index (χ3n) is 3.24. The molecule has 0 aromatic heterocycles. The molecular weight excluding hydrogens is 264 g/mol. The van der Waals surface area contributed by atoms with Gasteiger partial charge in [0, 0.05) is 17.8 Å². The lowest BCUT2D eigenvalue weighted by atomic mass is 10.1. The van der Waals surface area contributed by atoms with Crippen LogP contribution in [0, 0.1) is 0 Å². The van der Waals surface area contributed by atoms with Crippen LogP contribution in [0.2, 0.25) is 0 Å². The number of ether oxygens (including phenoxy) is 1. The molecule has 0 spiro atoms. The molecule has 2 aromatic carbocycles. The summed E-state index contributed by atoms with van der Waals surface area (Å²) in [6.45, 7) is 1.16. The zero-order valence-corrected chi connectivity index (χ0v) is 12.2. The minimum atomic E-state index is -0.0303. The Morgan fingerprint density at radius 2 is 1.76 bits per heavy atom. The van der Waals surface area contributed by atoms with E-state index in [1.54, 1.807) is 36.3 Å². The van der Waals surface area contributed by atoms with E-state index in [4.69, 9.17) is 10.5 Å². The fraction of sp³-hybridized carbons (Fsp3) is 0.235. The number of nitrogens with zero attached hydrogens (tertiary/aromatic N) is 1. The molecule has 0 heterocycles. The number of amides is 1. The van der Waals surface area contributed by atoms with Gasteiger partial charge in [-0.05, 0) is 49.4 Å². The number of carbonyl (C=O) groups excluding carboxylic acids is 1. The third kappa shape index (κ3) is 3.83. The molecule has 110 valence electrons. The zero-order valence-electron chi connectivity index (χ0n) is 12.2. The van der Waals surface area contributed by atoms with E-state index in [9.17, 15) is 4.79 Å². The summed E-state index contributed by atoms with van der Waals surface area (Å²) < 4.78 is 5.12. The van der Waals surface area contributed by atoms with Gasteiger partial charge in [0.05, 0.1) is 7.11 Å². The van der Waals surface area contributed by atoms with Crippen LogP contribution in [-0.4, -0.2) is 26.1 Å². The van der Waals surface area contributed by atoms with Crippen LogP contribution in [0.5, 0.6) is 5.75 Å². The highest BCUT2D eigenvalue weighted by atomic mass is 16.5. The summed E-state index contributed by atoms with van der Waals surface area (Å²) in [6.07, 6.45) is 0.761. The number of nitrogens with two attached hydrogens (primary N) is 1. The molecule has 0 unspecified atom stereocenters. The normalized spacial score (nSPS) is 10.2. The monoisotopic (exact) mass is 284 g/mol. The molecule has 0 fully saturated rings. The van der Waals surface area contributed by atoms with Gasteiger partial charge in [0.25, 0.3) is 5.91 Å². The van der Waals surface area contributed by atoms with Gasteiger partial charge < -0.3 is 15.4 Å². The van der Waals surface area contributed by atoms with Crippen molar-refractivity contribution in [3.8, 4) is 5.75 Å². The molecule has 0 atom stereocenters. The molecule has 0 aliphatic rings. The molecule has 1 amide bonds. The van der Waals surface area contributed by atoms with Crippen molar-refractivity contribution in [2.45, 2.75) is 6.42 Å². The van der Waals surface area contributed by atoms with Gasteiger partial charge in [-0.2, -0.15) is 0 Å². The quantitative estimate of drug-likeness (QED) is 0.887. The van der Waals surface area contributed by atoms with Crippen LogP contribution in [0.3, 0.4) is 0 Å². The smallest absolute Gasteiger partial charge is 0.258 e. The summed E-state index contributed by atoms with van der Waals surface area (Å²) in [5.41, 5.74) is 7.09. The summed E-state index contributed by atoms with van der Waals surface area (Å²) in [4.78, 5) is 14.5. The van der Waals surface area contributed by atoms with E-state index >= 15 is 0 Å².